The van der Waals surface area contributed by atoms with E-state index in [1.54, 1.807) is 60.7 Å². The van der Waals surface area contributed by atoms with Gasteiger partial charge in [0, 0.05) is 5.69 Å². The summed E-state index contributed by atoms with van der Waals surface area (Å²) in [5, 5.41) is 18.5. The lowest BCUT2D eigenvalue weighted by atomic mass is 9.87. The number of anilines is 1. The first-order chi connectivity index (χ1) is 19.1. The highest BCUT2D eigenvalue weighted by atomic mass is 16.6. The first-order valence-corrected chi connectivity index (χ1v) is 12.8. The molecule has 1 heterocycles. The van der Waals surface area contributed by atoms with Crippen molar-refractivity contribution >= 4 is 35.2 Å². The molecule has 1 aliphatic heterocycles. The van der Waals surface area contributed by atoms with Crippen LogP contribution in [0.2, 0.25) is 0 Å². The Bertz CT molecular complexity index is 1200. The number of para-hydroxylation sites is 1. The van der Waals surface area contributed by atoms with E-state index in [1.165, 1.54) is 0 Å². The van der Waals surface area contributed by atoms with Gasteiger partial charge in [0.2, 0.25) is 11.5 Å². The zero-order valence-electron chi connectivity index (χ0n) is 21.7. The van der Waals surface area contributed by atoms with Crippen LogP contribution in [0.1, 0.15) is 24.8 Å². The number of ether oxygens (including phenoxy) is 1. The van der Waals surface area contributed by atoms with Crippen LogP contribution in [-0.4, -0.2) is 71.1 Å². The van der Waals surface area contributed by atoms with Gasteiger partial charge in [-0.15, -0.1) is 0 Å². The maximum Gasteiger partial charge on any atom is 0.261 e. The molecule has 1 aliphatic rings. The predicted octanol–water partition coefficient (Wildman–Crippen LogP) is -1.56. The number of nitrogens with two attached hydrogens (primary N) is 3. The van der Waals surface area contributed by atoms with Crippen LogP contribution in [0.4, 0.5) is 5.69 Å². The van der Waals surface area contributed by atoms with Gasteiger partial charge in [-0.05, 0) is 49.9 Å². The molecular weight excluding hydrogens is 520 g/mol. The molecule has 0 aliphatic carbocycles. The Balaban J connectivity index is 1.68. The van der Waals surface area contributed by atoms with E-state index >= 15 is 0 Å². The van der Waals surface area contributed by atoms with E-state index in [2.05, 4.69) is 16.0 Å². The molecule has 2 aromatic carbocycles. The van der Waals surface area contributed by atoms with E-state index in [4.69, 9.17) is 21.9 Å². The molecule has 0 radical (unpaired) electrons. The summed E-state index contributed by atoms with van der Waals surface area (Å²) in [6, 6.07) is 14.6. The average Bonchev–Trinajstić information content (AvgIpc) is 3.74. The fourth-order valence-corrected chi connectivity index (χ4v) is 4.15. The molecule has 1 saturated heterocycles. The lowest BCUT2D eigenvalue weighted by Crippen LogP contribution is -2.67. The Morgan fingerprint density at radius 3 is 1.95 bits per heavy atom. The van der Waals surface area contributed by atoms with Gasteiger partial charge in [0.05, 0.1) is 6.04 Å². The normalized spacial score (nSPS) is 17.6. The van der Waals surface area contributed by atoms with Gasteiger partial charge in [-0.25, -0.2) is 0 Å². The maximum absolute atomic E-state index is 13.0. The van der Waals surface area contributed by atoms with Gasteiger partial charge in [0.15, 0.2) is 12.2 Å². The number of carbonyl (C=O) groups is 5. The van der Waals surface area contributed by atoms with Gasteiger partial charge in [-0.3, -0.25) is 24.0 Å². The maximum atomic E-state index is 13.0. The second-order valence-corrected chi connectivity index (χ2v) is 9.42. The SMILES string of the molecule is NCCCCC(NC(=O)[C@H]1O[C@@H]1C(=O)N[C@@H](Cc1ccccc1)C(O)(C(N)=O)C(N)=O)C(=O)Nc1ccccc1. The van der Waals surface area contributed by atoms with Gasteiger partial charge < -0.3 is 43.0 Å². The number of amides is 5. The van der Waals surface area contributed by atoms with E-state index in [9.17, 15) is 29.1 Å². The Labute approximate surface area is 230 Å². The van der Waals surface area contributed by atoms with Crippen LogP contribution < -0.4 is 33.2 Å². The third-order valence-electron chi connectivity index (χ3n) is 6.48. The fourth-order valence-electron chi connectivity index (χ4n) is 4.15. The van der Waals surface area contributed by atoms with E-state index in [1.807, 2.05) is 0 Å². The Kier molecular flexibility index (Phi) is 10.3. The molecule has 10 N–H and O–H groups in total. The first-order valence-electron chi connectivity index (χ1n) is 12.8. The molecule has 1 fully saturated rings. The number of hydrogen-bond acceptors (Lipinski definition) is 8. The number of aliphatic hydroxyl groups is 1. The minimum Gasteiger partial charge on any atom is -0.370 e. The summed E-state index contributed by atoms with van der Waals surface area (Å²) in [6.07, 6.45) is -1.21. The largest absolute Gasteiger partial charge is 0.370 e. The number of unbranched alkanes of at least 4 members (excludes halogenated alkanes) is 1. The standard InChI is InChI=1S/C27H34N6O7/c28-14-8-7-13-18(22(34)31-17-11-5-2-6-12-17)32-23(35)20-21(40-20)24(36)33-19(15-16-9-3-1-4-10-16)27(39,25(29)37)26(30)38/h1-6,9-12,18-21,39H,7-8,13-15,28H2,(H2,29,37)(H2,30,38)(H,31,34)(H,32,35)(H,33,36)/t18?,19-,20-,21-/m0/s1. The Morgan fingerprint density at radius 1 is 0.850 bits per heavy atom. The predicted molar refractivity (Wildman–Crippen MR) is 144 cm³/mol. The van der Waals surface area contributed by atoms with Crippen LogP contribution in [0.15, 0.2) is 60.7 Å². The molecule has 13 heteroatoms. The number of epoxide rings is 1. The van der Waals surface area contributed by atoms with Crippen molar-refractivity contribution in [1.82, 2.24) is 10.6 Å². The minimum absolute atomic E-state index is 0.179. The van der Waals surface area contributed by atoms with Gasteiger partial charge >= 0.3 is 0 Å². The van der Waals surface area contributed by atoms with Crippen LogP contribution in [0.3, 0.4) is 0 Å². The number of benzene rings is 2. The third kappa shape index (κ3) is 7.62. The average molecular weight is 555 g/mol. The quantitative estimate of drug-likeness (QED) is 0.0770. The van der Waals surface area contributed by atoms with Crippen LogP contribution in [-0.2, 0) is 35.1 Å². The highest BCUT2D eigenvalue weighted by Gasteiger charge is 2.54. The fraction of sp³-hybridized carbons (Fsp3) is 0.370. The van der Waals surface area contributed by atoms with Gasteiger partial charge in [0.1, 0.15) is 6.04 Å². The van der Waals surface area contributed by atoms with Crippen molar-refractivity contribution in [2.75, 3.05) is 11.9 Å². The lowest BCUT2D eigenvalue weighted by Gasteiger charge is -2.31. The molecule has 214 valence electrons. The summed E-state index contributed by atoms with van der Waals surface area (Å²) >= 11 is 0. The molecule has 4 atom stereocenters. The molecule has 2 aromatic rings. The molecule has 40 heavy (non-hydrogen) atoms. The monoisotopic (exact) mass is 554 g/mol. The summed E-state index contributed by atoms with van der Waals surface area (Å²) in [7, 11) is 0. The molecule has 0 spiro atoms. The summed E-state index contributed by atoms with van der Waals surface area (Å²) in [5.74, 6) is -4.93. The zero-order chi connectivity index (χ0) is 29.3. The van der Waals surface area contributed by atoms with Crippen molar-refractivity contribution in [1.29, 1.82) is 0 Å². The number of rotatable bonds is 15. The Hall–Kier alpha value is -4.33. The van der Waals surface area contributed by atoms with Crippen molar-refractivity contribution in [3.05, 3.63) is 66.2 Å². The number of primary amides is 2. The molecule has 3 rings (SSSR count). The molecular formula is C27H34N6O7. The second kappa shape index (κ2) is 13.6. The molecule has 0 saturated carbocycles. The molecule has 1 unspecified atom stereocenters. The Morgan fingerprint density at radius 2 is 1.40 bits per heavy atom. The van der Waals surface area contributed by atoms with Crippen molar-refractivity contribution < 1.29 is 33.8 Å². The van der Waals surface area contributed by atoms with Gasteiger partial charge in [-0.2, -0.15) is 0 Å². The lowest BCUT2D eigenvalue weighted by molar-refractivity contribution is -0.153. The van der Waals surface area contributed by atoms with E-state index in [0.717, 1.165) is 0 Å². The molecule has 13 nitrogen and oxygen atoms in total. The molecule has 5 amide bonds. The van der Waals surface area contributed by atoms with Crippen LogP contribution in [0, 0.1) is 0 Å². The molecule has 0 aromatic heterocycles. The smallest absolute Gasteiger partial charge is 0.261 e. The van der Waals surface area contributed by atoms with Crippen LogP contribution in [0.5, 0.6) is 0 Å². The van der Waals surface area contributed by atoms with E-state index in [-0.39, 0.29) is 6.42 Å². The topological polar surface area (TPSA) is 232 Å². The number of carbonyl (C=O) groups excluding carboxylic acids is 5. The van der Waals surface area contributed by atoms with Crippen molar-refractivity contribution in [2.24, 2.45) is 17.2 Å². The van der Waals surface area contributed by atoms with E-state index < -0.39 is 59.4 Å². The van der Waals surface area contributed by atoms with Crippen LogP contribution in [0.25, 0.3) is 0 Å². The number of nitrogens with one attached hydrogen (secondary N) is 3. The highest BCUT2D eigenvalue weighted by molar-refractivity contribution is 6.08. The summed E-state index contributed by atoms with van der Waals surface area (Å²) < 4.78 is 5.26. The van der Waals surface area contributed by atoms with Gasteiger partial charge in [0.25, 0.3) is 23.6 Å². The summed E-state index contributed by atoms with van der Waals surface area (Å²) in [5.41, 5.74) is 14.3. The minimum atomic E-state index is -2.91. The van der Waals surface area contributed by atoms with Crippen molar-refractivity contribution in [2.45, 2.75) is 55.6 Å². The summed E-state index contributed by atoms with van der Waals surface area (Å²) in [6.45, 7) is 0.419. The van der Waals surface area contributed by atoms with Crippen molar-refractivity contribution in [3.8, 4) is 0 Å². The van der Waals surface area contributed by atoms with Crippen LogP contribution >= 0.6 is 0 Å². The summed E-state index contributed by atoms with van der Waals surface area (Å²) in [4.78, 5) is 62.8. The zero-order valence-corrected chi connectivity index (χ0v) is 21.7. The van der Waals surface area contributed by atoms with Crippen molar-refractivity contribution in [3.63, 3.8) is 0 Å². The van der Waals surface area contributed by atoms with E-state index in [0.29, 0.717) is 37.1 Å². The first kappa shape index (κ1) is 30.2. The van der Waals surface area contributed by atoms with Gasteiger partial charge in [-0.1, -0.05) is 48.5 Å². The highest BCUT2D eigenvalue weighted by Crippen LogP contribution is 2.25. The third-order valence-corrected chi connectivity index (χ3v) is 6.48. The second-order valence-electron chi connectivity index (χ2n) is 9.42. The molecule has 0 bridgehead atoms. The number of hydrogen-bond donors (Lipinski definition) is 7.